The van der Waals surface area contributed by atoms with E-state index in [0.29, 0.717) is 24.7 Å². The molecule has 0 bridgehead atoms. The molecule has 0 saturated carbocycles. The first-order valence-corrected chi connectivity index (χ1v) is 7.26. The highest BCUT2D eigenvalue weighted by molar-refractivity contribution is 9.10. The maximum atomic E-state index is 9.16. The summed E-state index contributed by atoms with van der Waals surface area (Å²) in [6.45, 7) is 2.94. The standard InChI is InChI=1S/C16H17BrO3/c1-2-19-16-9-12(10-18)6-7-15(16)20-11-13-4-3-5-14(17)8-13/h3-9,18H,2,10-11H2,1H3. The summed E-state index contributed by atoms with van der Waals surface area (Å²) in [4.78, 5) is 0. The van der Waals surface area contributed by atoms with Crippen molar-refractivity contribution in [3.63, 3.8) is 0 Å². The van der Waals surface area contributed by atoms with Crippen molar-refractivity contribution in [2.24, 2.45) is 0 Å². The van der Waals surface area contributed by atoms with Gasteiger partial charge in [0.15, 0.2) is 11.5 Å². The summed E-state index contributed by atoms with van der Waals surface area (Å²) in [7, 11) is 0. The van der Waals surface area contributed by atoms with Crippen molar-refractivity contribution in [2.45, 2.75) is 20.1 Å². The van der Waals surface area contributed by atoms with E-state index in [1.54, 1.807) is 6.07 Å². The molecule has 0 aromatic heterocycles. The Labute approximate surface area is 127 Å². The second kappa shape index (κ2) is 7.31. The van der Waals surface area contributed by atoms with Crippen molar-refractivity contribution in [3.8, 4) is 11.5 Å². The molecular weight excluding hydrogens is 320 g/mol. The zero-order valence-corrected chi connectivity index (χ0v) is 12.9. The molecule has 2 aromatic rings. The Morgan fingerprint density at radius 1 is 1.00 bits per heavy atom. The highest BCUT2D eigenvalue weighted by Gasteiger charge is 2.06. The van der Waals surface area contributed by atoms with Crippen LogP contribution in [0.2, 0.25) is 0 Å². The second-order valence-electron chi connectivity index (χ2n) is 4.29. The van der Waals surface area contributed by atoms with E-state index in [9.17, 15) is 0 Å². The molecule has 0 amide bonds. The van der Waals surface area contributed by atoms with Gasteiger partial charge in [-0.2, -0.15) is 0 Å². The third kappa shape index (κ3) is 3.99. The highest BCUT2D eigenvalue weighted by Crippen LogP contribution is 2.29. The summed E-state index contributed by atoms with van der Waals surface area (Å²) >= 11 is 3.44. The largest absolute Gasteiger partial charge is 0.490 e. The maximum absolute atomic E-state index is 9.16. The minimum absolute atomic E-state index is 0.00795. The lowest BCUT2D eigenvalue weighted by atomic mass is 10.2. The molecule has 3 nitrogen and oxygen atoms in total. The van der Waals surface area contributed by atoms with Crippen LogP contribution in [0.5, 0.6) is 11.5 Å². The average Bonchev–Trinajstić information content (AvgIpc) is 2.46. The number of hydrogen-bond acceptors (Lipinski definition) is 3. The van der Waals surface area contributed by atoms with Gasteiger partial charge < -0.3 is 14.6 Å². The Bertz CT molecular complexity index is 569. The van der Waals surface area contributed by atoms with E-state index in [4.69, 9.17) is 14.6 Å². The van der Waals surface area contributed by atoms with Crippen LogP contribution in [0.15, 0.2) is 46.9 Å². The van der Waals surface area contributed by atoms with E-state index in [1.165, 1.54) is 0 Å². The molecule has 0 unspecified atom stereocenters. The molecule has 2 aromatic carbocycles. The molecule has 0 fully saturated rings. The second-order valence-corrected chi connectivity index (χ2v) is 5.21. The molecular formula is C16H17BrO3. The number of aliphatic hydroxyl groups excluding tert-OH is 1. The summed E-state index contributed by atoms with van der Waals surface area (Å²) in [5, 5.41) is 9.16. The minimum atomic E-state index is -0.00795. The van der Waals surface area contributed by atoms with Gasteiger partial charge in [0.05, 0.1) is 13.2 Å². The van der Waals surface area contributed by atoms with Crippen molar-refractivity contribution >= 4 is 15.9 Å². The Kier molecular flexibility index (Phi) is 5.44. The number of benzene rings is 2. The van der Waals surface area contributed by atoms with Gasteiger partial charge in [0.2, 0.25) is 0 Å². The quantitative estimate of drug-likeness (QED) is 0.868. The highest BCUT2D eigenvalue weighted by atomic mass is 79.9. The number of hydrogen-bond donors (Lipinski definition) is 1. The number of halogens is 1. The Hall–Kier alpha value is -1.52. The van der Waals surface area contributed by atoms with Crippen molar-refractivity contribution in [1.82, 2.24) is 0 Å². The molecule has 4 heteroatoms. The lowest BCUT2D eigenvalue weighted by molar-refractivity contribution is 0.263. The fourth-order valence-electron chi connectivity index (χ4n) is 1.83. The molecule has 0 saturated heterocycles. The molecule has 0 aliphatic carbocycles. The van der Waals surface area contributed by atoms with Crippen LogP contribution in [0, 0.1) is 0 Å². The van der Waals surface area contributed by atoms with E-state index >= 15 is 0 Å². The van der Waals surface area contributed by atoms with E-state index in [-0.39, 0.29) is 6.61 Å². The third-order valence-electron chi connectivity index (χ3n) is 2.77. The lowest BCUT2D eigenvalue weighted by Gasteiger charge is -2.13. The molecule has 0 spiro atoms. The van der Waals surface area contributed by atoms with E-state index < -0.39 is 0 Å². The van der Waals surface area contributed by atoms with Gasteiger partial charge in [-0.1, -0.05) is 34.1 Å². The van der Waals surface area contributed by atoms with Gasteiger partial charge >= 0.3 is 0 Å². The predicted molar refractivity (Wildman–Crippen MR) is 82.0 cm³/mol. The molecule has 0 atom stereocenters. The molecule has 2 rings (SSSR count). The smallest absolute Gasteiger partial charge is 0.161 e. The van der Waals surface area contributed by atoms with Crippen LogP contribution in [-0.2, 0) is 13.2 Å². The number of ether oxygens (including phenoxy) is 2. The molecule has 106 valence electrons. The molecule has 0 aliphatic heterocycles. The molecule has 20 heavy (non-hydrogen) atoms. The number of aliphatic hydroxyl groups is 1. The summed E-state index contributed by atoms with van der Waals surface area (Å²) in [5.74, 6) is 1.35. The molecule has 0 radical (unpaired) electrons. The number of rotatable bonds is 6. The van der Waals surface area contributed by atoms with Gasteiger partial charge in [-0.05, 0) is 42.3 Å². The maximum Gasteiger partial charge on any atom is 0.161 e. The van der Waals surface area contributed by atoms with Crippen molar-refractivity contribution in [3.05, 3.63) is 58.1 Å². The van der Waals surface area contributed by atoms with Gasteiger partial charge in [0.1, 0.15) is 6.61 Å². The van der Waals surface area contributed by atoms with Gasteiger partial charge in [-0.25, -0.2) is 0 Å². The zero-order chi connectivity index (χ0) is 14.4. The first kappa shape index (κ1) is 14.9. The van der Waals surface area contributed by atoms with Crippen LogP contribution < -0.4 is 9.47 Å². The lowest BCUT2D eigenvalue weighted by Crippen LogP contribution is -2.00. The van der Waals surface area contributed by atoms with Crippen LogP contribution in [0.4, 0.5) is 0 Å². The van der Waals surface area contributed by atoms with Gasteiger partial charge in [0.25, 0.3) is 0 Å². The van der Waals surface area contributed by atoms with Crippen molar-refractivity contribution < 1.29 is 14.6 Å². The van der Waals surface area contributed by atoms with Gasteiger partial charge in [-0.15, -0.1) is 0 Å². The van der Waals surface area contributed by atoms with Crippen LogP contribution >= 0.6 is 15.9 Å². The van der Waals surface area contributed by atoms with Crippen LogP contribution in [0.3, 0.4) is 0 Å². The summed E-state index contributed by atoms with van der Waals surface area (Å²) in [6, 6.07) is 13.4. The molecule has 0 aliphatic rings. The summed E-state index contributed by atoms with van der Waals surface area (Å²) in [5.41, 5.74) is 1.89. The Morgan fingerprint density at radius 2 is 1.85 bits per heavy atom. The third-order valence-corrected chi connectivity index (χ3v) is 3.27. The molecule has 0 heterocycles. The normalized spacial score (nSPS) is 10.3. The van der Waals surface area contributed by atoms with E-state index in [2.05, 4.69) is 15.9 Å². The fourth-order valence-corrected chi connectivity index (χ4v) is 2.27. The van der Waals surface area contributed by atoms with Crippen LogP contribution in [0.25, 0.3) is 0 Å². The van der Waals surface area contributed by atoms with Gasteiger partial charge in [-0.3, -0.25) is 0 Å². The van der Waals surface area contributed by atoms with E-state index in [1.807, 2.05) is 43.3 Å². The van der Waals surface area contributed by atoms with E-state index in [0.717, 1.165) is 15.6 Å². The van der Waals surface area contributed by atoms with Gasteiger partial charge in [0, 0.05) is 4.47 Å². The first-order chi connectivity index (χ1) is 9.72. The minimum Gasteiger partial charge on any atom is -0.490 e. The topological polar surface area (TPSA) is 38.7 Å². The Balaban J connectivity index is 2.12. The monoisotopic (exact) mass is 336 g/mol. The molecule has 1 N–H and O–H groups in total. The van der Waals surface area contributed by atoms with Crippen molar-refractivity contribution in [1.29, 1.82) is 0 Å². The van der Waals surface area contributed by atoms with Crippen LogP contribution in [-0.4, -0.2) is 11.7 Å². The SMILES string of the molecule is CCOc1cc(CO)ccc1OCc1cccc(Br)c1. The summed E-state index contributed by atoms with van der Waals surface area (Å²) < 4.78 is 12.4. The fraction of sp³-hybridized carbons (Fsp3) is 0.250. The predicted octanol–water partition coefficient (Wildman–Crippen LogP) is 3.92. The van der Waals surface area contributed by atoms with Crippen molar-refractivity contribution in [2.75, 3.05) is 6.61 Å². The first-order valence-electron chi connectivity index (χ1n) is 6.46. The Morgan fingerprint density at radius 3 is 2.55 bits per heavy atom. The van der Waals surface area contributed by atoms with Crippen LogP contribution in [0.1, 0.15) is 18.1 Å². The zero-order valence-electron chi connectivity index (χ0n) is 11.3. The average molecular weight is 337 g/mol. The summed E-state index contributed by atoms with van der Waals surface area (Å²) in [6.07, 6.45) is 0.